The third-order valence-corrected chi connectivity index (χ3v) is 3.62. The van der Waals surface area contributed by atoms with Crippen LogP contribution in [0.15, 0.2) is 18.2 Å². The number of morpholine rings is 1. The number of carbonyl (C=O) groups is 3. The van der Waals surface area contributed by atoms with Crippen molar-refractivity contribution in [2.24, 2.45) is 0 Å². The Bertz CT molecular complexity index is 637. The number of hydrogen-bond donors (Lipinski definition) is 3. The summed E-state index contributed by atoms with van der Waals surface area (Å²) in [6.45, 7) is 1.90. The van der Waals surface area contributed by atoms with Crippen molar-refractivity contribution in [2.45, 2.75) is 0 Å². The third-order valence-electron chi connectivity index (χ3n) is 3.18. The number of anilines is 1. The van der Waals surface area contributed by atoms with Crippen molar-refractivity contribution in [3.8, 4) is 0 Å². The zero-order chi connectivity index (χ0) is 17.0. The first-order valence-electron chi connectivity index (χ1n) is 6.68. The number of rotatable bonds is 3. The van der Waals surface area contributed by atoms with Gasteiger partial charge >= 0.3 is 11.9 Å². The van der Waals surface area contributed by atoms with E-state index in [0.29, 0.717) is 26.3 Å². The highest BCUT2D eigenvalue weighted by atomic mass is 32.1. The van der Waals surface area contributed by atoms with Crippen molar-refractivity contribution < 1.29 is 29.3 Å². The fourth-order valence-electron chi connectivity index (χ4n) is 2.04. The molecular weight excluding hydrogens is 324 g/mol. The Morgan fingerprint density at radius 3 is 2.04 bits per heavy atom. The van der Waals surface area contributed by atoms with Gasteiger partial charge in [-0.2, -0.15) is 0 Å². The number of aromatic carboxylic acids is 2. The van der Waals surface area contributed by atoms with Gasteiger partial charge in [-0.1, -0.05) is 12.2 Å². The summed E-state index contributed by atoms with van der Waals surface area (Å²) < 4.78 is 5.17. The quantitative estimate of drug-likeness (QED) is 0.689. The molecule has 3 N–H and O–H groups in total. The van der Waals surface area contributed by atoms with Crippen molar-refractivity contribution in [2.75, 3.05) is 31.6 Å². The van der Waals surface area contributed by atoms with Crippen LogP contribution in [0.2, 0.25) is 0 Å². The van der Waals surface area contributed by atoms with Gasteiger partial charge in [0.1, 0.15) is 0 Å². The van der Waals surface area contributed by atoms with Gasteiger partial charge in [0.15, 0.2) is 4.99 Å². The number of thiocarbonyl (C=S) groups is 1. The van der Waals surface area contributed by atoms with Gasteiger partial charge in [0.05, 0.1) is 24.3 Å². The van der Waals surface area contributed by atoms with Crippen LogP contribution in [-0.4, -0.2) is 64.3 Å². The number of carboxylic acid groups (broad SMARTS) is 2. The van der Waals surface area contributed by atoms with Crippen LogP contribution in [0.3, 0.4) is 0 Å². The molecule has 0 radical (unpaired) electrons. The number of ether oxygens (including phenoxy) is 1. The molecule has 1 heterocycles. The molecule has 1 aliphatic rings. The van der Waals surface area contributed by atoms with Gasteiger partial charge in [-0.05, 0) is 18.2 Å². The summed E-state index contributed by atoms with van der Waals surface area (Å²) in [5.74, 6) is -3.18. The Morgan fingerprint density at radius 1 is 1.04 bits per heavy atom. The maximum Gasteiger partial charge on any atom is 0.335 e. The van der Waals surface area contributed by atoms with Crippen LogP contribution in [0.5, 0.6) is 0 Å². The van der Waals surface area contributed by atoms with E-state index in [1.54, 1.807) is 4.90 Å². The lowest BCUT2D eigenvalue weighted by molar-refractivity contribution is -0.111. The van der Waals surface area contributed by atoms with E-state index in [4.69, 9.17) is 27.2 Å². The van der Waals surface area contributed by atoms with Crippen LogP contribution < -0.4 is 5.32 Å². The summed E-state index contributed by atoms with van der Waals surface area (Å²) in [7, 11) is 0. The molecule has 1 aromatic carbocycles. The predicted octanol–water partition coefficient (Wildman–Crippen LogP) is 0.681. The van der Waals surface area contributed by atoms with Crippen LogP contribution in [0, 0.1) is 0 Å². The Labute approximate surface area is 136 Å². The summed E-state index contributed by atoms with van der Waals surface area (Å²) in [6, 6.07) is 3.36. The second-order valence-corrected chi connectivity index (χ2v) is 5.15. The monoisotopic (exact) mass is 338 g/mol. The lowest BCUT2D eigenvalue weighted by atomic mass is 10.1. The van der Waals surface area contributed by atoms with Crippen molar-refractivity contribution in [1.82, 2.24) is 4.90 Å². The Balaban J connectivity index is 2.17. The average molecular weight is 338 g/mol. The van der Waals surface area contributed by atoms with Crippen LogP contribution in [-0.2, 0) is 9.53 Å². The molecule has 0 unspecified atom stereocenters. The van der Waals surface area contributed by atoms with E-state index >= 15 is 0 Å². The fourth-order valence-corrected chi connectivity index (χ4v) is 2.27. The van der Waals surface area contributed by atoms with Crippen LogP contribution in [0.1, 0.15) is 20.7 Å². The van der Waals surface area contributed by atoms with E-state index in [-0.39, 0.29) is 21.8 Å². The van der Waals surface area contributed by atoms with Gasteiger partial charge in [-0.15, -0.1) is 0 Å². The number of benzene rings is 1. The van der Waals surface area contributed by atoms with Crippen molar-refractivity contribution >= 4 is 40.7 Å². The maximum absolute atomic E-state index is 12.1. The Kier molecular flexibility index (Phi) is 5.24. The second kappa shape index (κ2) is 7.16. The van der Waals surface area contributed by atoms with Gasteiger partial charge in [0.2, 0.25) is 0 Å². The van der Waals surface area contributed by atoms with Crippen LogP contribution in [0.4, 0.5) is 5.69 Å². The molecule has 9 heteroatoms. The normalized spacial score (nSPS) is 14.2. The molecule has 1 aliphatic heterocycles. The summed E-state index contributed by atoms with van der Waals surface area (Å²) in [6.07, 6.45) is 0. The van der Waals surface area contributed by atoms with E-state index in [2.05, 4.69) is 5.32 Å². The van der Waals surface area contributed by atoms with Crippen molar-refractivity contribution in [3.05, 3.63) is 29.3 Å². The molecule has 122 valence electrons. The van der Waals surface area contributed by atoms with Crippen molar-refractivity contribution in [1.29, 1.82) is 0 Å². The zero-order valence-corrected chi connectivity index (χ0v) is 12.8. The first-order chi connectivity index (χ1) is 10.9. The van der Waals surface area contributed by atoms with Gasteiger partial charge in [-0.25, -0.2) is 9.59 Å². The van der Waals surface area contributed by atoms with Gasteiger partial charge in [-0.3, -0.25) is 4.79 Å². The molecule has 2 rings (SSSR count). The largest absolute Gasteiger partial charge is 0.478 e. The first-order valence-corrected chi connectivity index (χ1v) is 7.09. The minimum absolute atomic E-state index is 0.0471. The summed E-state index contributed by atoms with van der Waals surface area (Å²) in [5, 5.41) is 20.5. The van der Waals surface area contributed by atoms with Crippen molar-refractivity contribution in [3.63, 3.8) is 0 Å². The van der Waals surface area contributed by atoms with E-state index < -0.39 is 17.8 Å². The SMILES string of the molecule is O=C(Nc1cc(C(=O)O)cc(C(=O)O)c1)C(=S)N1CCOCC1. The molecule has 0 bridgehead atoms. The molecule has 0 spiro atoms. The molecule has 0 atom stereocenters. The molecule has 1 aromatic rings. The minimum atomic E-state index is -1.29. The molecule has 1 saturated heterocycles. The number of nitrogens with one attached hydrogen (secondary N) is 1. The highest BCUT2D eigenvalue weighted by Crippen LogP contribution is 2.16. The van der Waals surface area contributed by atoms with Gasteiger partial charge in [0.25, 0.3) is 5.91 Å². The minimum Gasteiger partial charge on any atom is -0.478 e. The van der Waals surface area contributed by atoms with Gasteiger partial charge in [0, 0.05) is 18.8 Å². The maximum atomic E-state index is 12.1. The predicted molar refractivity (Wildman–Crippen MR) is 84.0 cm³/mol. The van der Waals surface area contributed by atoms with E-state index in [1.165, 1.54) is 12.1 Å². The number of carbonyl (C=O) groups excluding carboxylic acids is 1. The fraction of sp³-hybridized carbons (Fsp3) is 0.286. The van der Waals surface area contributed by atoms with Crippen LogP contribution in [0.25, 0.3) is 0 Å². The highest BCUT2D eigenvalue weighted by molar-refractivity contribution is 7.82. The Morgan fingerprint density at radius 2 is 1.57 bits per heavy atom. The summed E-state index contributed by atoms with van der Waals surface area (Å²) in [4.78, 5) is 35.9. The first kappa shape index (κ1) is 16.8. The van der Waals surface area contributed by atoms with E-state index in [1.807, 2.05) is 0 Å². The van der Waals surface area contributed by atoms with E-state index in [0.717, 1.165) is 6.07 Å². The lowest BCUT2D eigenvalue weighted by Crippen LogP contribution is -2.44. The smallest absolute Gasteiger partial charge is 0.335 e. The zero-order valence-electron chi connectivity index (χ0n) is 11.9. The van der Waals surface area contributed by atoms with E-state index in [9.17, 15) is 14.4 Å². The number of carboxylic acids is 2. The third kappa shape index (κ3) is 4.24. The second-order valence-electron chi connectivity index (χ2n) is 4.77. The topological polar surface area (TPSA) is 116 Å². The molecule has 0 aliphatic carbocycles. The number of amides is 1. The Hall–Kier alpha value is -2.52. The summed E-state index contributed by atoms with van der Waals surface area (Å²) >= 11 is 5.09. The molecule has 1 fully saturated rings. The molecule has 1 amide bonds. The number of nitrogens with zero attached hydrogens (tertiary/aromatic N) is 1. The summed E-state index contributed by atoms with van der Waals surface area (Å²) in [5.41, 5.74) is -0.419. The molecular formula is C14H14N2O6S. The standard InChI is InChI=1S/C14H14N2O6S/c17-11(12(23)16-1-3-22-4-2-16)15-10-6-8(13(18)19)5-9(7-10)14(20)21/h5-7H,1-4H2,(H,15,17)(H,18,19)(H,20,21). The van der Waals surface area contributed by atoms with Crippen LogP contribution >= 0.6 is 12.2 Å². The lowest BCUT2D eigenvalue weighted by Gasteiger charge is -2.28. The molecule has 8 nitrogen and oxygen atoms in total. The number of hydrogen-bond acceptors (Lipinski definition) is 5. The van der Waals surface area contributed by atoms with Gasteiger partial charge < -0.3 is 25.2 Å². The highest BCUT2D eigenvalue weighted by Gasteiger charge is 2.21. The molecule has 0 aromatic heterocycles. The average Bonchev–Trinajstić information content (AvgIpc) is 2.54. The molecule has 23 heavy (non-hydrogen) atoms. The molecule has 0 saturated carbocycles.